The van der Waals surface area contributed by atoms with E-state index in [0.717, 1.165) is 13.1 Å². The van der Waals surface area contributed by atoms with Gasteiger partial charge in [-0.1, -0.05) is 17.7 Å². The molecule has 1 aliphatic rings. The molecule has 1 aromatic carbocycles. The second-order valence-corrected chi connectivity index (χ2v) is 6.83. The molecule has 0 aliphatic carbocycles. The van der Waals surface area contributed by atoms with E-state index in [2.05, 4.69) is 21.7 Å². The van der Waals surface area contributed by atoms with Gasteiger partial charge in [0.05, 0.1) is 12.5 Å². The van der Waals surface area contributed by atoms with Crippen molar-refractivity contribution in [2.45, 2.75) is 18.9 Å². The molecule has 0 radical (unpaired) electrons. The van der Waals surface area contributed by atoms with Gasteiger partial charge in [-0.3, -0.25) is 9.69 Å². The van der Waals surface area contributed by atoms with Gasteiger partial charge in [-0.15, -0.1) is 0 Å². The predicted octanol–water partition coefficient (Wildman–Crippen LogP) is 3.65. The van der Waals surface area contributed by atoms with E-state index in [9.17, 15) is 9.18 Å². The van der Waals surface area contributed by atoms with Crippen molar-refractivity contribution in [1.82, 2.24) is 10.2 Å². The largest absolute Gasteiger partial charge is 0.354 e. The Morgan fingerprint density at radius 3 is 2.83 bits per heavy atom. The molecular weight excluding hydrogens is 335 g/mol. The molecule has 3 nitrogen and oxygen atoms in total. The minimum Gasteiger partial charge on any atom is -0.354 e. The fourth-order valence-corrected chi connectivity index (χ4v) is 3.65. The maximum atomic E-state index is 13.8. The third-order valence-electron chi connectivity index (χ3n) is 4.15. The van der Waals surface area contributed by atoms with E-state index in [4.69, 9.17) is 11.6 Å². The first-order chi connectivity index (χ1) is 11.1. The zero-order valence-electron chi connectivity index (χ0n) is 12.6. The first-order valence-corrected chi connectivity index (χ1v) is 8.93. The van der Waals surface area contributed by atoms with Crippen LogP contribution in [0.3, 0.4) is 0 Å². The van der Waals surface area contributed by atoms with Gasteiger partial charge in [0.25, 0.3) is 0 Å². The van der Waals surface area contributed by atoms with E-state index in [0.29, 0.717) is 6.54 Å². The number of benzene rings is 1. The summed E-state index contributed by atoms with van der Waals surface area (Å²) in [5.74, 6) is -0.650. The summed E-state index contributed by atoms with van der Waals surface area (Å²) in [5.41, 5.74) is 1.47. The highest BCUT2D eigenvalue weighted by molar-refractivity contribution is 7.07. The van der Waals surface area contributed by atoms with Crippen LogP contribution in [-0.2, 0) is 11.2 Å². The summed E-state index contributed by atoms with van der Waals surface area (Å²) in [4.78, 5) is 14.5. The van der Waals surface area contributed by atoms with Crippen molar-refractivity contribution in [1.29, 1.82) is 0 Å². The first-order valence-electron chi connectivity index (χ1n) is 7.61. The Bertz CT molecular complexity index is 653. The summed E-state index contributed by atoms with van der Waals surface area (Å²) in [7, 11) is 0. The van der Waals surface area contributed by atoms with Crippen LogP contribution in [0.4, 0.5) is 4.39 Å². The third-order valence-corrected chi connectivity index (χ3v) is 5.21. The fraction of sp³-hybridized carbons (Fsp3) is 0.353. The number of thiophene rings is 1. The Labute approximate surface area is 144 Å². The van der Waals surface area contributed by atoms with Gasteiger partial charge < -0.3 is 5.32 Å². The zero-order chi connectivity index (χ0) is 16.2. The lowest BCUT2D eigenvalue weighted by atomic mass is 10.0. The van der Waals surface area contributed by atoms with Crippen molar-refractivity contribution in [3.05, 3.63) is 57.0 Å². The number of amides is 1. The van der Waals surface area contributed by atoms with Gasteiger partial charge in [0, 0.05) is 30.2 Å². The highest BCUT2D eigenvalue weighted by atomic mass is 35.5. The summed E-state index contributed by atoms with van der Waals surface area (Å²) in [6.07, 6.45) is 1.15. The van der Waals surface area contributed by atoms with Gasteiger partial charge in [0.2, 0.25) is 5.91 Å². The molecule has 6 heteroatoms. The predicted molar refractivity (Wildman–Crippen MR) is 91.4 cm³/mol. The number of halogens is 2. The SMILES string of the molecule is O=C(Cc1c(F)cccc1Cl)NCC(c1ccsc1)N1CCC1. The molecule has 122 valence electrons. The minimum absolute atomic E-state index is 0.0398. The Balaban J connectivity index is 1.61. The second kappa shape index (κ2) is 7.43. The summed E-state index contributed by atoms with van der Waals surface area (Å²) in [5, 5.41) is 7.37. The molecule has 0 bridgehead atoms. The van der Waals surface area contributed by atoms with E-state index >= 15 is 0 Å². The van der Waals surface area contributed by atoms with E-state index in [1.165, 1.54) is 24.1 Å². The van der Waals surface area contributed by atoms with Crippen molar-refractivity contribution < 1.29 is 9.18 Å². The molecule has 1 aromatic heterocycles. The lowest BCUT2D eigenvalue weighted by Crippen LogP contribution is -2.45. The lowest BCUT2D eigenvalue weighted by molar-refractivity contribution is -0.120. The number of likely N-dealkylation sites (tertiary alicyclic amines) is 1. The Kier molecular flexibility index (Phi) is 5.30. The molecular formula is C17H18ClFN2OS. The number of nitrogens with zero attached hydrogens (tertiary/aromatic N) is 1. The molecule has 1 unspecified atom stereocenters. The number of hydrogen-bond acceptors (Lipinski definition) is 3. The number of rotatable bonds is 6. The van der Waals surface area contributed by atoms with Crippen LogP contribution < -0.4 is 5.32 Å². The summed E-state index contributed by atoms with van der Waals surface area (Å²) in [6, 6.07) is 6.74. The minimum atomic E-state index is -0.440. The van der Waals surface area contributed by atoms with Gasteiger partial charge in [0.15, 0.2) is 0 Å². The lowest BCUT2D eigenvalue weighted by Gasteiger charge is -2.38. The molecule has 1 aliphatic heterocycles. The van der Waals surface area contributed by atoms with E-state index in [1.54, 1.807) is 17.4 Å². The van der Waals surface area contributed by atoms with Gasteiger partial charge in [-0.25, -0.2) is 4.39 Å². The molecule has 2 heterocycles. The third kappa shape index (κ3) is 3.91. The Morgan fingerprint density at radius 2 is 2.22 bits per heavy atom. The maximum Gasteiger partial charge on any atom is 0.224 e. The van der Waals surface area contributed by atoms with Crippen molar-refractivity contribution in [2.24, 2.45) is 0 Å². The molecule has 1 N–H and O–H groups in total. The van der Waals surface area contributed by atoms with Crippen LogP contribution in [0.1, 0.15) is 23.6 Å². The average molecular weight is 353 g/mol. The molecule has 0 spiro atoms. The fourth-order valence-electron chi connectivity index (χ4n) is 2.71. The van der Waals surface area contributed by atoms with Crippen molar-refractivity contribution in [2.75, 3.05) is 19.6 Å². The van der Waals surface area contributed by atoms with Crippen LogP contribution in [0, 0.1) is 5.82 Å². The molecule has 2 aromatic rings. The number of carbonyl (C=O) groups is 1. The quantitative estimate of drug-likeness (QED) is 0.860. The maximum absolute atomic E-state index is 13.8. The second-order valence-electron chi connectivity index (χ2n) is 5.64. The summed E-state index contributed by atoms with van der Waals surface area (Å²) < 4.78 is 13.8. The van der Waals surface area contributed by atoms with Crippen molar-refractivity contribution in [3.8, 4) is 0 Å². The normalized spacial score (nSPS) is 15.9. The number of carbonyl (C=O) groups excluding carboxylic acids is 1. The van der Waals surface area contributed by atoms with Gasteiger partial charge in [-0.2, -0.15) is 11.3 Å². The monoisotopic (exact) mass is 352 g/mol. The zero-order valence-corrected chi connectivity index (χ0v) is 14.2. The number of nitrogens with one attached hydrogen (secondary N) is 1. The first kappa shape index (κ1) is 16.4. The molecule has 3 rings (SSSR count). The van der Waals surface area contributed by atoms with Crippen LogP contribution >= 0.6 is 22.9 Å². The summed E-state index contributed by atoms with van der Waals surface area (Å²) >= 11 is 7.63. The Hall–Kier alpha value is -1.43. The number of hydrogen-bond donors (Lipinski definition) is 1. The standard InChI is InChI=1S/C17H18ClFN2OS/c18-14-3-1-4-15(19)13(14)9-17(22)20-10-16(21-6-2-7-21)12-5-8-23-11-12/h1,3-5,8,11,16H,2,6-7,9-10H2,(H,20,22). The van der Waals surface area contributed by atoms with Gasteiger partial charge in [0.1, 0.15) is 5.82 Å². The smallest absolute Gasteiger partial charge is 0.224 e. The molecule has 0 saturated carbocycles. The summed E-state index contributed by atoms with van der Waals surface area (Å²) in [6.45, 7) is 2.63. The van der Waals surface area contributed by atoms with E-state index in [-0.39, 0.29) is 29.0 Å². The molecule has 23 heavy (non-hydrogen) atoms. The highest BCUT2D eigenvalue weighted by Crippen LogP contribution is 2.27. The Morgan fingerprint density at radius 1 is 1.39 bits per heavy atom. The van der Waals surface area contributed by atoms with Gasteiger partial charge >= 0.3 is 0 Å². The van der Waals surface area contributed by atoms with E-state index in [1.807, 2.05) is 5.38 Å². The highest BCUT2D eigenvalue weighted by Gasteiger charge is 2.26. The molecule has 1 saturated heterocycles. The van der Waals surface area contributed by atoms with Crippen LogP contribution in [0.2, 0.25) is 5.02 Å². The average Bonchev–Trinajstić information content (AvgIpc) is 2.99. The van der Waals surface area contributed by atoms with Crippen molar-refractivity contribution in [3.63, 3.8) is 0 Å². The van der Waals surface area contributed by atoms with Crippen LogP contribution in [0.25, 0.3) is 0 Å². The van der Waals surface area contributed by atoms with Crippen LogP contribution in [0.15, 0.2) is 35.0 Å². The van der Waals surface area contributed by atoms with Crippen molar-refractivity contribution >= 4 is 28.8 Å². The molecule has 1 fully saturated rings. The molecule has 1 atom stereocenters. The van der Waals surface area contributed by atoms with Crippen LogP contribution in [0.5, 0.6) is 0 Å². The van der Waals surface area contributed by atoms with Crippen LogP contribution in [-0.4, -0.2) is 30.4 Å². The van der Waals surface area contributed by atoms with Gasteiger partial charge in [-0.05, 0) is 40.9 Å². The van der Waals surface area contributed by atoms with E-state index < -0.39 is 5.82 Å². The molecule has 1 amide bonds. The topological polar surface area (TPSA) is 32.3 Å².